The van der Waals surface area contributed by atoms with E-state index in [1.807, 2.05) is 0 Å². The second-order valence-electron chi connectivity index (χ2n) is 6.52. The van der Waals surface area contributed by atoms with Crippen molar-refractivity contribution in [2.24, 2.45) is 34.5 Å². The van der Waals surface area contributed by atoms with E-state index in [0.29, 0.717) is 0 Å². The number of carbonyl (C=O) groups excluding carboxylic acids is 2. The van der Waals surface area contributed by atoms with Crippen LogP contribution in [0.5, 0.6) is 0 Å². The second kappa shape index (κ2) is 2.77. The number of esters is 2. The first-order valence-corrected chi connectivity index (χ1v) is 6.99. The van der Waals surface area contributed by atoms with Gasteiger partial charge >= 0.3 is 11.9 Å². The minimum absolute atomic E-state index is 0.0615. The predicted octanol–water partition coefficient (Wildman–Crippen LogP) is 2.01. The van der Waals surface area contributed by atoms with E-state index < -0.39 is 0 Å². The van der Waals surface area contributed by atoms with Crippen LogP contribution < -0.4 is 0 Å². The SMILES string of the molecule is O=C1OC(=O)[C@@H]2[C@@H]1[C@H]1C=C[C@H]2[C@@]23C=C[C@]12CC=CC3. The van der Waals surface area contributed by atoms with Crippen LogP contribution in [0, 0.1) is 34.5 Å². The van der Waals surface area contributed by atoms with Crippen molar-refractivity contribution in [1.82, 2.24) is 0 Å². The first kappa shape index (κ1) is 10.2. The molecule has 2 bridgehead atoms. The third-order valence-corrected chi connectivity index (χ3v) is 6.24. The number of carbonyl (C=O) groups is 2. The van der Waals surface area contributed by atoms with E-state index in [2.05, 4.69) is 36.5 Å². The van der Waals surface area contributed by atoms with E-state index in [-0.39, 0.29) is 46.4 Å². The van der Waals surface area contributed by atoms with Crippen LogP contribution in [0.3, 0.4) is 0 Å². The topological polar surface area (TPSA) is 43.4 Å². The lowest BCUT2D eigenvalue weighted by molar-refractivity contribution is -0.154. The quantitative estimate of drug-likeness (QED) is 0.377. The molecule has 3 heteroatoms. The molecular weight excluding hydrogens is 240 g/mol. The highest BCUT2D eigenvalue weighted by atomic mass is 16.6. The Hall–Kier alpha value is -1.64. The highest BCUT2D eigenvalue weighted by Gasteiger charge is 2.73. The Labute approximate surface area is 111 Å². The number of cyclic esters (lactones) is 2. The summed E-state index contributed by atoms with van der Waals surface area (Å²) in [6.45, 7) is 0. The molecule has 2 fully saturated rings. The average Bonchev–Trinajstić information content (AvgIpc) is 2.69. The number of ether oxygens (including phenoxy) is 1. The van der Waals surface area contributed by atoms with Gasteiger partial charge in [-0.3, -0.25) is 9.59 Å². The van der Waals surface area contributed by atoms with Gasteiger partial charge in [0.1, 0.15) is 0 Å². The lowest BCUT2D eigenvalue weighted by Crippen LogP contribution is -2.65. The Morgan fingerprint density at radius 3 is 1.79 bits per heavy atom. The molecule has 6 rings (SSSR count). The Bertz CT molecular complexity index is 563. The zero-order chi connectivity index (χ0) is 12.8. The molecule has 96 valence electrons. The summed E-state index contributed by atoms with van der Waals surface area (Å²) in [4.78, 5) is 24.1. The lowest BCUT2D eigenvalue weighted by Gasteiger charge is -2.68. The van der Waals surface area contributed by atoms with Crippen molar-refractivity contribution in [3.8, 4) is 0 Å². The molecule has 6 aliphatic rings. The van der Waals surface area contributed by atoms with Crippen molar-refractivity contribution in [3.63, 3.8) is 0 Å². The van der Waals surface area contributed by atoms with Crippen LogP contribution in [-0.2, 0) is 14.3 Å². The standard InChI is InChI=1S/C16H14O3/c17-13-11-9-3-4-10(12(11)14(18)19-13)16-6-2-1-5-15(9,16)7-8-16/h1-4,7-12H,5-6H2/t9-,10-,11+,12+,15-,16-/m1/s1. The van der Waals surface area contributed by atoms with Gasteiger partial charge in [-0.25, -0.2) is 0 Å². The number of hydrogen-bond acceptors (Lipinski definition) is 3. The zero-order valence-electron chi connectivity index (χ0n) is 10.4. The molecule has 0 aromatic heterocycles. The summed E-state index contributed by atoms with van der Waals surface area (Å²) < 4.78 is 4.95. The predicted molar refractivity (Wildman–Crippen MR) is 66.6 cm³/mol. The van der Waals surface area contributed by atoms with Gasteiger partial charge in [-0.2, -0.15) is 0 Å². The molecule has 0 unspecified atom stereocenters. The fraction of sp³-hybridized carbons (Fsp3) is 0.500. The van der Waals surface area contributed by atoms with Gasteiger partial charge in [0.2, 0.25) is 0 Å². The van der Waals surface area contributed by atoms with Crippen molar-refractivity contribution in [2.45, 2.75) is 12.8 Å². The molecule has 0 spiro atoms. The maximum absolute atomic E-state index is 12.0. The monoisotopic (exact) mass is 254 g/mol. The largest absolute Gasteiger partial charge is 0.393 e. The molecule has 0 radical (unpaired) electrons. The van der Waals surface area contributed by atoms with E-state index in [9.17, 15) is 9.59 Å². The van der Waals surface area contributed by atoms with Gasteiger partial charge in [-0.15, -0.1) is 0 Å². The molecule has 0 amide bonds. The van der Waals surface area contributed by atoms with E-state index in [1.54, 1.807) is 0 Å². The second-order valence-corrected chi connectivity index (χ2v) is 6.52. The smallest absolute Gasteiger partial charge is 0.318 e. The molecule has 19 heavy (non-hydrogen) atoms. The summed E-state index contributed by atoms with van der Waals surface area (Å²) in [5, 5.41) is 0. The van der Waals surface area contributed by atoms with Gasteiger partial charge < -0.3 is 4.74 Å². The van der Waals surface area contributed by atoms with Crippen molar-refractivity contribution in [1.29, 1.82) is 0 Å². The summed E-state index contributed by atoms with van der Waals surface area (Å²) in [7, 11) is 0. The van der Waals surface area contributed by atoms with E-state index in [1.165, 1.54) is 0 Å². The van der Waals surface area contributed by atoms with Crippen LogP contribution in [0.1, 0.15) is 12.8 Å². The molecule has 5 aliphatic carbocycles. The third-order valence-electron chi connectivity index (χ3n) is 6.24. The van der Waals surface area contributed by atoms with E-state index in [4.69, 9.17) is 4.74 Å². The number of hydrogen-bond donors (Lipinski definition) is 0. The summed E-state index contributed by atoms with van der Waals surface area (Å²) in [6, 6.07) is 0. The van der Waals surface area contributed by atoms with Crippen LogP contribution in [0.4, 0.5) is 0 Å². The summed E-state index contributed by atoms with van der Waals surface area (Å²) in [5.41, 5.74) is 0.123. The molecule has 1 saturated carbocycles. The summed E-state index contributed by atoms with van der Waals surface area (Å²) in [6.07, 6.45) is 15.3. The fourth-order valence-corrected chi connectivity index (χ4v) is 5.43. The Kier molecular flexibility index (Phi) is 1.48. The third kappa shape index (κ3) is 0.814. The maximum Gasteiger partial charge on any atom is 0.318 e. The van der Waals surface area contributed by atoms with Crippen LogP contribution in [0.15, 0.2) is 36.5 Å². The Balaban J connectivity index is 1.77. The Morgan fingerprint density at radius 1 is 0.895 bits per heavy atom. The molecule has 3 nitrogen and oxygen atoms in total. The molecule has 6 atom stereocenters. The van der Waals surface area contributed by atoms with Crippen LogP contribution in [-0.4, -0.2) is 11.9 Å². The highest BCUT2D eigenvalue weighted by Crippen LogP contribution is 2.74. The maximum atomic E-state index is 12.0. The first-order valence-electron chi connectivity index (χ1n) is 6.99. The molecule has 1 aliphatic heterocycles. The van der Waals surface area contributed by atoms with Crippen LogP contribution >= 0.6 is 0 Å². The molecule has 1 heterocycles. The van der Waals surface area contributed by atoms with E-state index >= 15 is 0 Å². The van der Waals surface area contributed by atoms with Gasteiger partial charge in [-0.1, -0.05) is 36.5 Å². The molecule has 0 aromatic carbocycles. The number of rotatable bonds is 0. The summed E-state index contributed by atoms with van der Waals surface area (Å²) in [5.74, 6) is -0.814. The van der Waals surface area contributed by atoms with Crippen molar-refractivity contribution < 1.29 is 14.3 Å². The zero-order valence-corrected chi connectivity index (χ0v) is 10.4. The van der Waals surface area contributed by atoms with Crippen molar-refractivity contribution >= 4 is 11.9 Å². The summed E-state index contributed by atoms with van der Waals surface area (Å²) >= 11 is 0. The van der Waals surface area contributed by atoms with E-state index in [0.717, 1.165) is 12.8 Å². The van der Waals surface area contributed by atoms with Crippen molar-refractivity contribution in [3.05, 3.63) is 36.5 Å². The van der Waals surface area contributed by atoms with Crippen molar-refractivity contribution in [2.75, 3.05) is 0 Å². The van der Waals surface area contributed by atoms with Gasteiger partial charge in [-0.05, 0) is 12.8 Å². The average molecular weight is 254 g/mol. The van der Waals surface area contributed by atoms with Crippen LogP contribution in [0.25, 0.3) is 0 Å². The Morgan fingerprint density at radius 2 is 1.37 bits per heavy atom. The number of allylic oxidation sites excluding steroid dienone is 6. The van der Waals surface area contributed by atoms with Gasteiger partial charge in [0.05, 0.1) is 11.8 Å². The molecular formula is C16H14O3. The van der Waals surface area contributed by atoms with Crippen LogP contribution in [0.2, 0.25) is 0 Å². The van der Waals surface area contributed by atoms with Gasteiger partial charge in [0, 0.05) is 22.7 Å². The molecule has 1 saturated heterocycles. The molecule has 0 aromatic rings. The lowest BCUT2D eigenvalue weighted by atomic mass is 9.33. The fourth-order valence-electron chi connectivity index (χ4n) is 5.43. The molecule has 0 N–H and O–H groups in total. The highest BCUT2D eigenvalue weighted by molar-refractivity contribution is 5.98. The van der Waals surface area contributed by atoms with Gasteiger partial charge in [0.15, 0.2) is 0 Å². The minimum atomic E-state index is -0.299. The first-order chi connectivity index (χ1) is 9.20. The minimum Gasteiger partial charge on any atom is -0.393 e. The van der Waals surface area contributed by atoms with Gasteiger partial charge in [0.25, 0.3) is 0 Å². The normalized spacial score (nSPS) is 55.4.